The number of hydrogen-bond donors (Lipinski definition) is 2. The van der Waals surface area contributed by atoms with Crippen LogP contribution >= 0.6 is 11.6 Å². The molecule has 2 N–H and O–H groups in total. The third kappa shape index (κ3) is 1.33. The van der Waals surface area contributed by atoms with E-state index in [4.69, 9.17) is 11.6 Å². The van der Waals surface area contributed by atoms with Crippen LogP contribution in [0.15, 0.2) is 21.7 Å². The molecule has 0 spiro atoms. The first kappa shape index (κ1) is 8.00. The van der Waals surface area contributed by atoms with Crippen molar-refractivity contribution in [1.29, 1.82) is 0 Å². The number of hydrogen-bond acceptors (Lipinski definition) is 3. The molecule has 2 heterocycles. The number of aromatic nitrogens is 3. The van der Waals surface area contributed by atoms with Gasteiger partial charge in [0.25, 0.3) is 5.56 Å². The summed E-state index contributed by atoms with van der Waals surface area (Å²) < 4.78 is 0. The maximum Gasteiger partial charge on any atom is 0.327 e. The Hall–Kier alpha value is -1.62. The van der Waals surface area contributed by atoms with E-state index in [0.29, 0.717) is 5.39 Å². The molecule has 0 aliphatic carbocycles. The molecule has 2 aromatic heterocycles. The van der Waals surface area contributed by atoms with Gasteiger partial charge in [0.1, 0.15) is 10.8 Å². The number of aromatic amines is 2. The highest BCUT2D eigenvalue weighted by molar-refractivity contribution is 6.29. The standard InChI is InChI=1S/C7H4ClN3O2/c8-4-2-1-3-5(9-4)10-7(13)11-6(3)12/h1-2H,(H2,9,10,11,12,13). The van der Waals surface area contributed by atoms with E-state index in [9.17, 15) is 9.59 Å². The normalized spacial score (nSPS) is 10.5. The average Bonchev–Trinajstić information content (AvgIpc) is 2.02. The Labute approximate surface area is 76.4 Å². The van der Waals surface area contributed by atoms with Gasteiger partial charge in [-0.05, 0) is 12.1 Å². The largest absolute Gasteiger partial charge is 0.327 e. The number of halogens is 1. The molecular weight excluding hydrogens is 194 g/mol. The van der Waals surface area contributed by atoms with Gasteiger partial charge in [-0.1, -0.05) is 11.6 Å². The molecule has 0 bridgehead atoms. The molecule has 0 unspecified atom stereocenters. The SMILES string of the molecule is O=c1[nH]c(=O)c2ccc(Cl)nc2[nH]1. The second kappa shape index (κ2) is 2.70. The molecule has 0 atom stereocenters. The molecule has 0 saturated carbocycles. The van der Waals surface area contributed by atoms with Crippen LogP contribution in [0.4, 0.5) is 0 Å². The van der Waals surface area contributed by atoms with Crippen LogP contribution in [0.1, 0.15) is 0 Å². The Morgan fingerprint density at radius 3 is 2.77 bits per heavy atom. The van der Waals surface area contributed by atoms with Crippen LogP contribution in [-0.2, 0) is 0 Å². The molecule has 0 aliphatic rings. The van der Waals surface area contributed by atoms with Gasteiger partial charge < -0.3 is 0 Å². The maximum atomic E-state index is 11.2. The van der Waals surface area contributed by atoms with Gasteiger partial charge in [0.15, 0.2) is 0 Å². The molecule has 6 heteroatoms. The summed E-state index contributed by atoms with van der Waals surface area (Å²) in [5.74, 6) is 0. The Morgan fingerprint density at radius 1 is 1.23 bits per heavy atom. The minimum atomic E-state index is -0.590. The summed E-state index contributed by atoms with van der Waals surface area (Å²) in [6, 6.07) is 2.98. The van der Waals surface area contributed by atoms with Crippen molar-refractivity contribution in [3.63, 3.8) is 0 Å². The highest BCUT2D eigenvalue weighted by Gasteiger charge is 2.01. The molecule has 5 nitrogen and oxygen atoms in total. The number of nitrogens with zero attached hydrogens (tertiary/aromatic N) is 1. The second-order valence-corrected chi connectivity index (χ2v) is 2.83. The van der Waals surface area contributed by atoms with Gasteiger partial charge in [-0.25, -0.2) is 9.78 Å². The number of pyridine rings is 1. The fraction of sp³-hybridized carbons (Fsp3) is 0. The van der Waals surface area contributed by atoms with Crippen molar-refractivity contribution in [2.75, 3.05) is 0 Å². The summed E-state index contributed by atoms with van der Waals surface area (Å²) in [7, 11) is 0. The van der Waals surface area contributed by atoms with Crippen LogP contribution in [0.3, 0.4) is 0 Å². The first-order chi connectivity index (χ1) is 6.16. The fourth-order valence-electron chi connectivity index (χ4n) is 1.02. The molecule has 0 aromatic carbocycles. The van der Waals surface area contributed by atoms with Crippen molar-refractivity contribution in [3.05, 3.63) is 38.1 Å². The lowest BCUT2D eigenvalue weighted by molar-refractivity contribution is 1.06. The van der Waals surface area contributed by atoms with E-state index in [0.717, 1.165) is 0 Å². The first-order valence-electron chi connectivity index (χ1n) is 3.46. The maximum absolute atomic E-state index is 11.2. The Kier molecular flexibility index (Phi) is 1.66. The smallest absolute Gasteiger partial charge is 0.291 e. The molecule has 0 radical (unpaired) electrons. The summed E-state index contributed by atoms with van der Waals surface area (Å²) in [6.45, 7) is 0. The van der Waals surface area contributed by atoms with Crippen molar-refractivity contribution in [1.82, 2.24) is 15.0 Å². The highest BCUT2D eigenvalue weighted by atomic mass is 35.5. The molecule has 0 amide bonds. The number of rotatable bonds is 0. The van der Waals surface area contributed by atoms with Crippen LogP contribution in [0.5, 0.6) is 0 Å². The van der Waals surface area contributed by atoms with Gasteiger partial charge in [-0.2, -0.15) is 0 Å². The van der Waals surface area contributed by atoms with Gasteiger partial charge >= 0.3 is 5.69 Å². The van der Waals surface area contributed by atoms with E-state index >= 15 is 0 Å². The number of nitrogens with one attached hydrogen (secondary N) is 2. The van der Waals surface area contributed by atoms with Gasteiger partial charge in [0.2, 0.25) is 0 Å². The number of H-pyrrole nitrogens is 2. The molecule has 2 aromatic rings. The predicted molar refractivity (Wildman–Crippen MR) is 48.0 cm³/mol. The molecule has 13 heavy (non-hydrogen) atoms. The third-order valence-electron chi connectivity index (χ3n) is 1.56. The molecule has 0 fully saturated rings. The van der Waals surface area contributed by atoms with Crippen LogP contribution in [0, 0.1) is 0 Å². The second-order valence-electron chi connectivity index (χ2n) is 2.44. The fourth-order valence-corrected chi connectivity index (χ4v) is 1.17. The van der Waals surface area contributed by atoms with Gasteiger partial charge in [-0.15, -0.1) is 0 Å². The predicted octanol–water partition coefficient (Wildman–Crippen LogP) is 0.265. The lowest BCUT2D eigenvalue weighted by Crippen LogP contribution is -2.22. The minimum absolute atomic E-state index is 0.196. The molecule has 0 saturated heterocycles. The molecule has 2 rings (SSSR count). The topological polar surface area (TPSA) is 78.6 Å². The zero-order valence-corrected chi connectivity index (χ0v) is 7.05. The van der Waals surface area contributed by atoms with E-state index in [1.165, 1.54) is 12.1 Å². The van der Waals surface area contributed by atoms with Crippen molar-refractivity contribution >= 4 is 22.6 Å². The van der Waals surface area contributed by atoms with Gasteiger partial charge in [0, 0.05) is 0 Å². The summed E-state index contributed by atoms with van der Waals surface area (Å²) >= 11 is 5.58. The minimum Gasteiger partial charge on any atom is -0.291 e. The van der Waals surface area contributed by atoms with E-state index in [2.05, 4.69) is 15.0 Å². The Morgan fingerprint density at radius 2 is 2.00 bits per heavy atom. The van der Waals surface area contributed by atoms with Crippen molar-refractivity contribution in [3.8, 4) is 0 Å². The van der Waals surface area contributed by atoms with E-state index in [1.807, 2.05) is 0 Å². The zero-order valence-electron chi connectivity index (χ0n) is 6.30. The molecular formula is C7H4ClN3O2. The number of fused-ring (bicyclic) bond motifs is 1. The molecule has 66 valence electrons. The highest BCUT2D eigenvalue weighted by Crippen LogP contribution is 2.07. The van der Waals surface area contributed by atoms with Crippen molar-refractivity contribution < 1.29 is 0 Å². The van der Waals surface area contributed by atoms with Crippen LogP contribution in [0.25, 0.3) is 11.0 Å². The molecule has 0 aliphatic heterocycles. The average molecular weight is 198 g/mol. The van der Waals surface area contributed by atoms with Crippen LogP contribution in [-0.4, -0.2) is 15.0 Å². The van der Waals surface area contributed by atoms with Gasteiger partial charge in [0.05, 0.1) is 5.39 Å². The zero-order chi connectivity index (χ0) is 9.42. The summed E-state index contributed by atoms with van der Waals surface area (Å²) in [5, 5.41) is 0.540. The van der Waals surface area contributed by atoms with E-state index in [1.54, 1.807) is 0 Å². The van der Waals surface area contributed by atoms with Crippen molar-refractivity contribution in [2.24, 2.45) is 0 Å². The van der Waals surface area contributed by atoms with Gasteiger partial charge in [-0.3, -0.25) is 14.8 Å². The van der Waals surface area contributed by atoms with Crippen LogP contribution in [0.2, 0.25) is 5.15 Å². The van der Waals surface area contributed by atoms with Crippen LogP contribution < -0.4 is 11.2 Å². The third-order valence-corrected chi connectivity index (χ3v) is 1.78. The summed E-state index contributed by atoms with van der Waals surface area (Å²) in [6.07, 6.45) is 0. The lowest BCUT2D eigenvalue weighted by atomic mass is 10.3. The van der Waals surface area contributed by atoms with E-state index < -0.39 is 11.2 Å². The summed E-state index contributed by atoms with van der Waals surface area (Å²) in [4.78, 5) is 30.2. The van der Waals surface area contributed by atoms with E-state index in [-0.39, 0.29) is 10.8 Å². The first-order valence-corrected chi connectivity index (χ1v) is 3.83. The Balaban J connectivity index is 3.03. The lowest BCUT2D eigenvalue weighted by Gasteiger charge is -1.94. The van der Waals surface area contributed by atoms with Crippen molar-refractivity contribution in [2.45, 2.75) is 0 Å². The Bertz CT molecular complexity index is 572. The monoisotopic (exact) mass is 197 g/mol. The summed E-state index contributed by atoms with van der Waals surface area (Å²) in [5.41, 5.74) is -0.864. The quantitative estimate of drug-likeness (QED) is 0.595.